The van der Waals surface area contributed by atoms with Crippen LogP contribution in [0.25, 0.3) is 0 Å². The molecule has 7 heteroatoms. The van der Waals surface area contributed by atoms with Crippen molar-refractivity contribution in [2.45, 2.75) is 13.8 Å². The minimum absolute atomic E-state index is 0.187. The molecule has 27 heavy (non-hydrogen) atoms. The third kappa shape index (κ3) is 3.67. The van der Waals surface area contributed by atoms with Gasteiger partial charge >= 0.3 is 0 Å². The van der Waals surface area contributed by atoms with Gasteiger partial charge in [0.1, 0.15) is 17.8 Å². The van der Waals surface area contributed by atoms with Crippen LogP contribution in [0.15, 0.2) is 48.8 Å². The number of anilines is 3. The molecule has 0 bridgehead atoms. The number of ether oxygens (including phenoxy) is 2. The quantitative estimate of drug-likeness (QED) is 0.734. The summed E-state index contributed by atoms with van der Waals surface area (Å²) in [6.45, 7) is 4.29. The van der Waals surface area contributed by atoms with E-state index in [1.807, 2.05) is 25.1 Å². The van der Waals surface area contributed by atoms with Gasteiger partial charge in [0.15, 0.2) is 11.5 Å². The summed E-state index contributed by atoms with van der Waals surface area (Å²) in [4.78, 5) is 20.8. The lowest BCUT2D eigenvalue weighted by atomic mass is 10.1. The molecule has 136 valence electrons. The van der Waals surface area contributed by atoms with Crippen molar-refractivity contribution in [1.29, 1.82) is 0 Å². The Morgan fingerprint density at radius 1 is 0.926 bits per heavy atom. The van der Waals surface area contributed by atoms with Crippen molar-refractivity contribution in [3.05, 3.63) is 65.6 Å². The van der Waals surface area contributed by atoms with E-state index in [2.05, 4.69) is 27.5 Å². The SMILES string of the molecule is Cc1ccc(Nc2cc(C(=O)Nc3ccc4c(c3)OCO4)ncn2)cc1C. The summed E-state index contributed by atoms with van der Waals surface area (Å²) in [6.07, 6.45) is 1.36. The summed E-state index contributed by atoms with van der Waals surface area (Å²) in [5, 5.41) is 6.00. The Kier molecular flexibility index (Phi) is 4.33. The summed E-state index contributed by atoms with van der Waals surface area (Å²) in [5.41, 5.74) is 4.15. The van der Waals surface area contributed by atoms with Gasteiger partial charge in [-0.25, -0.2) is 9.97 Å². The lowest BCUT2D eigenvalue weighted by Crippen LogP contribution is -2.14. The number of fused-ring (bicyclic) bond motifs is 1. The summed E-state index contributed by atoms with van der Waals surface area (Å²) in [7, 11) is 0. The van der Waals surface area contributed by atoms with Crippen LogP contribution in [0.4, 0.5) is 17.2 Å². The highest BCUT2D eigenvalue weighted by Crippen LogP contribution is 2.34. The molecule has 2 N–H and O–H groups in total. The Morgan fingerprint density at radius 3 is 2.59 bits per heavy atom. The molecule has 0 saturated carbocycles. The van der Waals surface area contributed by atoms with Crippen LogP contribution in [0.2, 0.25) is 0 Å². The number of nitrogens with one attached hydrogen (secondary N) is 2. The molecular formula is C20H18N4O3. The number of nitrogens with zero attached hydrogens (tertiary/aromatic N) is 2. The molecule has 0 radical (unpaired) electrons. The van der Waals surface area contributed by atoms with E-state index in [0.29, 0.717) is 23.0 Å². The number of aryl methyl sites for hydroxylation is 2. The predicted molar refractivity (Wildman–Crippen MR) is 102 cm³/mol. The van der Waals surface area contributed by atoms with Crippen LogP contribution in [0, 0.1) is 13.8 Å². The molecule has 0 fully saturated rings. The second-order valence-corrected chi connectivity index (χ2v) is 6.23. The second-order valence-electron chi connectivity index (χ2n) is 6.23. The Bertz CT molecular complexity index is 1020. The van der Waals surface area contributed by atoms with Gasteiger partial charge in [-0.2, -0.15) is 0 Å². The first-order chi connectivity index (χ1) is 13.1. The predicted octanol–water partition coefficient (Wildman–Crippen LogP) is 3.82. The first-order valence-corrected chi connectivity index (χ1v) is 8.46. The molecule has 7 nitrogen and oxygen atoms in total. The number of hydrogen-bond donors (Lipinski definition) is 2. The van der Waals surface area contributed by atoms with Gasteiger partial charge in [-0.05, 0) is 49.2 Å². The van der Waals surface area contributed by atoms with Crippen LogP contribution in [0.1, 0.15) is 21.6 Å². The Balaban J connectivity index is 1.49. The highest BCUT2D eigenvalue weighted by Gasteiger charge is 2.15. The lowest BCUT2D eigenvalue weighted by molar-refractivity contribution is 0.102. The summed E-state index contributed by atoms with van der Waals surface area (Å²) >= 11 is 0. The van der Waals surface area contributed by atoms with Crippen molar-refractivity contribution < 1.29 is 14.3 Å². The summed E-state index contributed by atoms with van der Waals surface area (Å²) in [5.74, 6) is 1.48. The van der Waals surface area contributed by atoms with Crippen molar-refractivity contribution in [1.82, 2.24) is 9.97 Å². The molecule has 0 spiro atoms. The molecule has 1 amide bonds. The highest BCUT2D eigenvalue weighted by molar-refractivity contribution is 6.03. The van der Waals surface area contributed by atoms with Gasteiger partial charge < -0.3 is 20.1 Å². The van der Waals surface area contributed by atoms with Crippen molar-refractivity contribution in [2.75, 3.05) is 17.4 Å². The van der Waals surface area contributed by atoms with Crippen LogP contribution >= 0.6 is 0 Å². The molecule has 2 heterocycles. The summed E-state index contributed by atoms with van der Waals surface area (Å²) < 4.78 is 10.6. The molecule has 3 aromatic rings. The maximum Gasteiger partial charge on any atom is 0.274 e. The average Bonchev–Trinajstić information content (AvgIpc) is 3.13. The Hall–Kier alpha value is -3.61. The smallest absolute Gasteiger partial charge is 0.274 e. The number of carbonyl (C=O) groups excluding carboxylic acids is 1. The number of rotatable bonds is 4. The molecule has 2 aromatic carbocycles. The van der Waals surface area contributed by atoms with Crippen LogP contribution in [0.3, 0.4) is 0 Å². The minimum atomic E-state index is -0.334. The van der Waals surface area contributed by atoms with Gasteiger partial charge in [0, 0.05) is 23.5 Å². The maximum absolute atomic E-state index is 12.5. The first kappa shape index (κ1) is 16.8. The van der Waals surface area contributed by atoms with E-state index in [0.717, 1.165) is 5.69 Å². The van der Waals surface area contributed by atoms with E-state index < -0.39 is 0 Å². The molecule has 0 atom stereocenters. The Morgan fingerprint density at radius 2 is 1.74 bits per heavy atom. The molecule has 1 aliphatic rings. The monoisotopic (exact) mass is 362 g/mol. The van der Waals surface area contributed by atoms with Gasteiger partial charge in [0.2, 0.25) is 6.79 Å². The highest BCUT2D eigenvalue weighted by atomic mass is 16.7. The molecule has 1 aromatic heterocycles. The fraction of sp³-hybridized carbons (Fsp3) is 0.150. The molecule has 0 unspecified atom stereocenters. The van der Waals surface area contributed by atoms with Crippen LogP contribution < -0.4 is 20.1 Å². The largest absolute Gasteiger partial charge is 0.454 e. The number of carbonyl (C=O) groups is 1. The zero-order valence-corrected chi connectivity index (χ0v) is 14.9. The number of hydrogen-bond acceptors (Lipinski definition) is 6. The maximum atomic E-state index is 12.5. The van der Waals surface area contributed by atoms with E-state index >= 15 is 0 Å². The minimum Gasteiger partial charge on any atom is -0.454 e. The number of benzene rings is 2. The van der Waals surface area contributed by atoms with E-state index in [-0.39, 0.29) is 18.4 Å². The standard InChI is InChI=1S/C20H18N4O3/c1-12-3-4-14(7-13(12)2)23-19-9-16(21-10-22-19)20(25)24-15-5-6-17-18(8-15)27-11-26-17/h3-10H,11H2,1-2H3,(H,24,25)(H,21,22,23). The van der Waals surface area contributed by atoms with Crippen molar-refractivity contribution >= 4 is 23.1 Å². The third-order valence-electron chi connectivity index (χ3n) is 4.31. The first-order valence-electron chi connectivity index (χ1n) is 8.46. The van der Waals surface area contributed by atoms with Crippen LogP contribution in [-0.2, 0) is 0 Å². The van der Waals surface area contributed by atoms with E-state index in [1.165, 1.54) is 17.5 Å². The van der Waals surface area contributed by atoms with E-state index in [1.54, 1.807) is 24.3 Å². The zero-order chi connectivity index (χ0) is 18.8. The van der Waals surface area contributed by atoms with Crippen molar-refractivity contribution in [3.63, 3.8) is 0 Å². The number of amides is 1. The second kappa shape index (κ2) is 6.95. The molecular weight excluding hydrogens is 344 g/mol. The van der Waals surface area contributed by atoms with E-state index in [9.17, 15) is 4.79 Å². The van der Waals surface area contributed by atoms with Gasteiger partial charge in [0.05, 0.1) is 0 Å². The average molecular weight is 362 g/mol. The zero-order valence-electron chi connectivity index (χ0n) is 14.9. The fourth-order valence-electron chi connectivity index (χ4n) is 2.69. The van der Waals surface area contributed by atoms with Crippen molar-refractivity contribution in [3.8, 4) is 11.5 Å². The van der Waals surface area contributed by atoms with Gasteiger partial charge in [-0.3, -0.25) is 4.79 Å². The molecule has 0 saturated heterocycles. The topological polar surface area (TPSA) is 85.4 Å². The van der Waals surface area contributed by atoms with Crippen LogP contribution in [0.5, 0.6) is 11.5 Å². The van der Waals surface area contributed by atoms with Gasteiger partial charge in [-0.1, -0.05) is 6.07 Å². The molecule has 4 rings (SSSR count). The van der Waals surface area contributed by atoms with Gasteiger partial charge in [0.25, 0.3) is 5.91 Å². The normalized spacial score (nSPS) is 11.9. The van der Waals surface area contributed by atoms with Gasteiger partial charge in [-0.15, -0.1) is 0 Å². The summed E-state index contributed by atoms with van der Waals surface area (Å²) in [6, 6.07) is 12.9. The van der Waals surface area contributed by atoms with Crippen molar-refractivity contribution in [2.24, 2.45) is 0 Å². The fourth-order valence-corrected chi connectivity index (χ4v) is 2.69. The third-order valence-corrected chi connectivity index (χ3v) is 4.31. The van der Waals surface area contributed by atoms with Crippen LogP contribution in [-0.4, -0.2) is 22.7 Å². The molecule has 1 aliphatic heterocycles. The van der Waals surface area contributed by atoms with E-state index in [4.69, 9.17) is 9.47 Å². The molecule has 0 aliphatic carbocycles. The lowest BCUT2D eigenvalue weighted by Gasteiger charge is -2.09. The number of aromatic nitrogens is 2. The Labute approximate surface area is 156 Å².